The van der Waals surface area contributed by atoms with Gasteiger partial charge in [-0.2, -0.15) is 0 Å². The molecule has 8 nitrogen and oxygen atoms in total. The van der Waals surface area contributed by atoms with Gasteiger partial charge in [-0.05, 0) is 35.9 Å². The van der Waals surface area contributed by atoms with Crippen LogP contribution in [0, 0.1) is 5.82 Å². The van der Waals surface area contributed by atoms with Crippen LogP contribution in [0.4, 0.5) is 4.39 Å². The molecule has 1 aromatic heterocycles. The van der Waals surface area contributed by atoms with Crippen LogP contribution in [-0.4, -0.2) is 37.6 Å². The molecule has 0 fully saturated rings. The first-order valence-electron chi connectivity index (χ1n) is 8.50. The Morgan fingerprint density at radius 2 is 1.67 bits per heavy atom. The summed E-state index contributed by atoms with van der Waals surface area (Å²) >= 11 is 0. The number of hydrogen-bond donors (Lipinski definition) is 3. The predicted molar refractivity (Wildman–Crippen MR) is 104 cm³/mol. The van der Waals surface area contributed by atoms with E-state index in [0.717, 1.165) is 0 Å². The third kappa shape index (κ3) is 4.09. The van der Waals surface area contributed by atoms with E-state index in [2.05, 4.69) is 0 Å². The van der Waals surface area contributed by atoms with Crippen molar-refractivity contribution >= 4 is 34.4 Å². The number of carbonyl (C=O) groups excluding carboxylic acids is 1. The minimum atomic E-state index is -1.77. The highest BCUT2D eigenvalue weighted by atomic mass is 19.1. The monoisotopic (exact) mass is 411 g/mol. The molecular formula is C21H14FNO7. The number of aliphatic hydroxyl groups is 1. The third-order valence-corrected chi connectivity index (χ3v) is 4.35. The molecule has 1 heterocycles. The van der Waals surface area contributed by atoms with Crippen molar-refractivity contribution < 1.29 is 34.1 Å². The van der Waals surface area contributed by atoms with Crippen LogP contribution >= 0.6 is 0 Å². The summed E-state index contributed by atoms with van der Waals surface area (Å²) in [5, 5.41) is 28.0. The molecular weight excluding hydrogens is 397 g/mol. The van der Waals surface area contributed by atoms with E-state index in [4.69, 9.17) is 5.11 Å². The lowest BCUT2D eigenvalue weighted by Crippen LogP contribution is -2.19. The van der Waals surface area contributed by atoms with Crippen LogP contribution < -0.4 is 5.43 Å². The Labute approximate surface area is 167 Å². The smallest absolute Gasteiger partial charge is 0.376 e. The van der Waals surface area contributed by atoms with Gasteiger partial charge in [-0.25, -0.2) is 14.0 Å². The first-order chi connectivity index (χ1) is 14.2. The first kappa shape index (κ1) is 20.5. The fourth-order valence-corrected chi connectivity index (χ4v) is 2.90. The zero-order chi connectivity index (χ0) is 22.0. The number of pyridine rings is 1. The van der Waals surface area contributed by atoms with Crippen molar-refractivity contribution in [1.82, 2.24) is 4.57 Å². The Balaban J connectivity index is 2.18. The molecule has 0 radical (unpaired) electrons. The lowest BCUT2D eigenvalue weighted by Gasteiger charge is -2.13. The van der Waals surface area contributed by atoms with Crippen molar-refractivity contribution in [2.75, 3.05) is 0 Å². The van der Waals surface area contributed by atoms with Gasteiger partial charge in [0, 0.05) is 29.8 Å². The summed E-state index contributed by atoms with van der Waals surface area (Å²) in [7, 11) is 0. The van der Waals surface area contributed by atoms with Crippen LogP contribution in [0.3, 0.4) is 0 Å². The Hall–Kier alpha value is -4.27. The molecule has 0 aliphatic heterocycles. The topological polar surface area (TPSA) is 134 Å². The van der Waals surface area contributed by atoms with Gasteiger partial charge in [-0.15, -0.1) is 0 Å². The van der Waals surface area contributed by atoms with Gasteiger partial charge in [0.15, 0.2) is 0 Å². The number of nitrogens with zero attached hydrogens (tertiary/aromatic N) is 1. The molecule has 3 aromatic rings. The molecule has 3 N–H and O–H groups in total. The number of carboxylic acids is 2. The van der Waals surface area contributed by atoms with Crippen molar-refractivity contribution in [2.24, 2.45) is 0 Å². The standard InChI is InChI=1S/C21H14FNO7/c22-13-4-1-11(2-5-13)9-23-10-15(20(27)28)19(26)14-7-12(3-6-16(14)23)17(24)8-18(25)21(29)30/h1-8,10,24H,9H2,(H,27,28)(H,29,30). The van der Waals surface area contributed by atoms with Gasteiger partial charge in [0.1, 0.15) is 17.1 Å². The summed E-state index contributed by atoms with van der Waals surface area (Å²) in [5.41, 5.74) is -0.393. The molecule has 0 amide bonds. The maximum absolute atomic E-state index is 13.1. The van der Waals surface area contributed by atoms with Crippen LogP contribution in [0.2, 0.25) is 0 Å². The van der Waals surface area contributed by atoms with Gasteiger partial charge < -0.3 is 19.9 Å². The second-order valence-electron chi connectivity index (χ2n) is 6.36. The molecule has 0 unspecified atom stereocenters. The van der Waals surface area contributed by atoms with Gasteiger partial charge in [0.2, 0.25) is 5.43 Å². The molecule has 0 saturated carbocycles. The summed E-state index contributed by atoms with van der Waals surface area (Å²) in [5.74, 6) is -5.70. The summed E-state index contributed by atoms with van der Waals surface area (Å²) in [4.78, 5) is 46.1. The van der Waals surface area contributed by atoms with Gasteiger partial charge in [-0.3, -0.25) is 9.59 Å². The Kier molecular flexibility index (Phi) is 5.45. The number of rotatable bonds is 6. The average Bonchev–Trinajstić information content (AvgIpc) is 2.70. The third-order valence-electron chi connectivity index (χ3n) is 4.35. The summed E-state index contributed by atoms with van der Waals surface area (Å²) in [6.07, 6.45) is 1.65. The summed E-state index contributed by atoms with van der Waals surface area (Å²) in [6, 6.07) is 9.48. The van der Waals surface area contributed by atoms with Crippen LogP contribution in [0.15, 0.2) is 59.5 Å². The highest BCUT2D eigenvalue weighted by Crippen LogP contribution is 2.20. The number of carbonyl (C=O) groups is 3. The SMILES string of the molecule is O=C(O)C(=O)C=C(O)c1ccc2c(c1)c(=O)c(C(=O)O)cn2Cc1ccc(F)cc1. The van der Waals surface area contributed by atoms with E-state index in [-0.39, 0.29) is 17.5 Å². The summed E-state index contributed by atoms with van der Waals surface area (Å²) < 4.78 is 14.6. The van der Waals surface area contributed by atoms with Gasteiger partial charge in [0.05, 0.1) is 5.52 Å². The van der Waals surface area contributed by atoms with E-state index in [1.807, 2.05) is 0 Å². The van der Waals surface area contributed by atoms with E-state index in [9.17, 15) is 33.8 Å². The lowest BCUT2D eigenvalue weighted by molar-refractivity contribution is -0.146. The second kappa shape index (κ2) is 8.00. The van der Waals surface area contributed by atoms with E-state index >= 15 is 0 Å². The molecule has 0 spiro atoms. The van der Waals surface area contributed by atoms with Crippen molar-refractivity contribution in [1.29, 1.82) is 0 Å². The van der Waals surface area contributed by atoms with Crippen molar-refractivity contribution in [3.8, 4) is 0 Å². The van der Waals surface area contributed by atoms with Crippen LogP contribution in [0.1, 0.15) is 21.5 Å². The van der Waals surface area contributed by atoms with E-state index in [1.165, 1.54) is 53.2 Å². The van der Waals surface area contributed by atoms with Crippen LogP contribution in [0.5, 0.6) is 0 Å². The first-order valence-corrected chi connectivity index (χ1v) is 8.50. The lowest BCUT2D eigenvalue weighted by atomic mass is 10.1. The maximum Gasteiger partial charge on any atom is 0.376 e. The minimum absolute atomic E-state index is 0.0370. The van der Waals surface area contributed by atoms with Gasteiger partial charge in [-0.1, -0.05) is 12.1 Å². The quantitative estimate of drug-likeness (QED) is 0.322. The maximum atomic E-state index is 13.1. The van der Waals surface area contributed by atoms with Crippen molar-refractivity contribution in [2.45, 2.75) is 6.54 Å². The van der Waals surface area contributed by atoms with Crippen LogP contribution in [-0.2, 0) is 16.1 Å². The molecule has 152 valence electrons. The molecule has 0 saturated heterocycles. The van der Waals surface area contributed by atoms with Crippen molar-refractivity contribution in [3.63, 3.8) is 0 Å². The number of halogens is 1. The number of hydrogen-bond acceptors (Lipinski definition) is 5. The Morgan fingerprint density at radius 3 is 2.27 bits per heavy atom. The van der Waals surface area contributed by atoms with Gasteiger partial charge in [0.25, 0.3) is 5.78 Å². The highest BCUT2D eigenvalue weighted by Gasteiger charge is 2.17. The number of aliphatic hydroxyl groups excluding tert-OH is 1. The average molecular weight is 411 g/mol. The normalized spacial score (nSPS) is 11.4. The second-order valence-corrected chi connectivity index (χ2v) is 6.36. The molecule has 2 aromatic carbocycles. The number of aromatic carboxylic acids is 1. The Morgan fingerprint density at radius 1 is 1.00 bits per heavy atom. The van der Waals surface area contributed by atoms with E-state index in [1.54, 1.807) is 0 Å². The van der Waals surface area contributed by atoms with Gasteiger partial charge >= 0.3 is 11.9 Å². The zero-order valence-corrected chi connectivity index (χ0v) is 15.2. The largest absolute Gasteiger partial charge is 0.507 e. The molecule has 3 rings (SSSR count). The number of benzene rings is 2. The van der Waals surface area contributed by atoms with E-state index in [0.29, 0.717) is 17.2 Å². The zero-order valence-electron chi connectivity index (χ0n) is 15.2. The molecule has 0 bridgehead atoms. The number of aliphatic carboxylic acids is 1. The van der Waals surface area contributed by atoms with Crippen molar-refractivity contribution in [3.05, 3.63) is 87.5 Å². The molecule has 30 heavy (non-hydrogen) atoms. The van der Waals surface area contributed by atoms with Crippen LogP contribution in [0.25, 0.3) is 16.7 Å². The number of ketones is 1. The molecule has 0 aliphatic rings. The molecule has 0 aliphatic carbocycles. The predicted octanol–water partition coefficient (Wildman–Crippen LogP) is 2.44. The fraction of sp³-hybridized carbons (Fsp3) is 0.0476. The Bertz CT molecular complexity index is 1270. The van der Waals surface area contributed by atoms with E-state index < -0.39 is 40.3 Å². The highest BCUT2D eigenvalue weighted by molar-refractivity contribution is 6.38. The molecule has 0 atom stereocenters. The summed E-state index contributed by atoms with van der Waals surface area (Å²) in [6.45, 7) is 0.135. The number of carboxylic acid groups (broad SMARTS) is 2. The fourth-order valence-electron chi connectivity index (χ4n) is 2.90. The number of aromatic nitrogens is 1. The number of fused-ring (bicyclic) bond motifs is 1. The molecule has 9 heteroatoms. The minimum Gasteiger partial charge on any atom is -0.507 e.